The van der Waals surface area contributed by atoms with Gasteiger partial charge in [-0.15, -0.1) is 11.8 Å². The largest absolute Gasteiger partial charge is 0.339 e. The Balaban J connectivity index is 1.52. The molecule has 0 spiro atoms. The first-order valence-corrected chi connectivity index (χ1v) is 13.6. The molecule has 172 valence electrons. The van der Waals surface area contributed by atoms with Gasteiger partial charge in [0.1, 0.15) is 0 Å². The van der Waals surface area contributed by atoms with Crippen LogP contribution in [0.2, 0.25) is 0 Å². The Bertz CT molecular complexity index is 1210. The van der Waals surface area contributed by atoms with Crippen LogP contribution in [0.25, 0.3) is 0 Å². The first kappa shape index (κ1) is 23.3. The number of hydrogen-bond donors (Lipinski definition) is 1. The molecule has 33 heavy (non-hydrogen) atoms. The van der Waals surface area contributed by atoms with Crippen LogP contribution in [0.4, 0.5) is 5.69 Å². The predicted octanol–water partition coefficient (Wildman–Crippen LogP) is 4.82. The Hall–Kier alpha value is -2.84. The van der Waals surface area contributed by atoms with Gasteiger partial charge in [0, 0.05) is 36.1 Å². The maximum atomic E-state index is 13.1. The van der Waals surface area contributed by atoms with E-state index < -0.39 is 10.0 Å². The minimum Gasteiger partial charge on any atom is -0.339 e. The van der Waals surface area contributed by atoms with Gasteiger partial charge in [0.25, 0.3) is 15.9 Å². The molecular weight excluding hydrogens is 454 g/mol. The molecule has 0 aliphatic carbocycles. The van der Waals surface area contributed by atoms with E-state index in [-0.39, 0.29) is 10.8 Å². The summed E-state index contributed by atoms with van der Waals surface area (Å²) in [6.45, 7) is 1.43. The number of rotatable bonds is 7. The van der Waals surface area contributed by atoms with Crippen molar-refractivity contribution < 1.29 is 13.2 Å². The van der Waals surface area contributed by atoms with Crippen LogP contribution in [-0.2, 0) is 16.4 Å². The summed E-state index contributed by atoms with van der Waals surface area (Å²) in [5, 5.41) is 0. The lowest BCUT2D eigenvalue weighted by Gasteiger charge is -2.27. The topological polar surface area (TPSA) is 79.4 Å². The van der Waals surface area contributed by atoms with Gasteiger partial charge in [0.15, 0.2) is 0 Å². The molecule has 1 N–H and O–H groups in total. The van der Waals surface area contributed by atoms with E-state index in [0.717, 1.165) is 41.7 Å². The second-order valence-electron chi connectivity index (χ2n) is 8.05. The molecule has 1 aromatic heterocycles. The molecule has 0 radical (unpaired) electrons. The van der Waals surface area contributed by atoms with Crippen LogP contribution >= 0.6 is 11.8 Å². The maximum absolute atomic E-state index is 13.1. The zero-order valence-electron chi connectivity index (χ0n) is 18.5. The Labute approximate surface area is 199 Å². The monoisotopic (exact) mass is 481 g/mol. The number of nitrogens with zero attached hydrogens (tertiary/aromatic N) is 2. The molecule has 0 atom stereocenters. The van der Waals surface area contributed by atoms with E-state index in [1.165, 1.54) is 17.8 Å². The van der Waals surface area contributed by atoms with Crippen molar-refractivity contribution in [1.29, 1.82) is 0 Å². The fourth-order valence-corrected chi connectivity index (χ4v) is 5.58. The van der Waals surface area contributed by atoms with Crippen LogP contribution < -0.4 is 4.72 Å². The third-order valence-electron chi connectivity index (χ3n) is 5.72. The van der Waals surface area contributed by atoms with Crippen molar-refractivity contribution in [2.24, 2.45) is 0 Å². The molecule has 0 saturated carbocycles. The Kier molecular flexibility index (Phi) is 7.35. The second kappa shape index (κ2) is 10.4. The van der Waals surface area contributed by atoms with E-state index in [1.807, 2.05) is 35.4 Å². The number of carbonyl (C=O) groups excluding carboxylic acids is 1. The molecule has 1 aliphatic rings. The summed E-state index contributed by atoms with van der Waals surface area (Å²) in [6.07, 6.45) is 9.23. The molecule has 2 heterocycles. The number of likely N-dealkylation sites (tertiary alicyclic amines) is 1. The van der Waals surface area contributed by atoms with Crippen molar-refractivity contribution in [3.63, 3.8) is 0 Å². The standard InChI is InChI=1S/C25H27N3O3S2/c1-32-24-10-9-22(18-23(24)25(29)28-15-3-2-4-16-28)33(30,31)27-21-7-5-19(6-8-21)17-20-11-13-26-14-12-20/h5-14,18,27H,2-4,15-17H2,1H3. The van der Waals surface area contributed by atoms with Crippen LogP contribution in [-0.4, -0.2) is 43.6 Å². The molecule has 0 bridgehead atoms. The summed E-state index contributed by atoms with van der Waals surface area (Å²) in [5.74, 6) is -0.100. The average Bonchev–Trinajstić information content (AvgIpc) is 2.85. The molecule has 1 fully saturated rings. The number of sulfonamides is 1. The third-order valence-corrected chi connectivity index (χ3v) is 7.89. The molecular formula is C25H27N3O3S2. The molecule has 6 nitrogen and oxygen atoms in total. The van der Waals surface area contributed by atoms with Gasteiger partial charge in [-0.3, -0.25) is 14.5 Å². The summed E-state index contributed by atoms with van der Waals surface area (Å²) in [6, 6.07) is 16.0. The predicted molar refractivity (Wildman–Crippen MR) is 132 cm³/mol. The van der Waals surface area contributed by atoms with E-state index in [0.29, 0.717) is 24.3 Å². The van der Waals surface area contributed by atoms with Gasteiger partial charge in [-0.05, 0) is 85.5 Å². The quantitative estimate of drug-likeness (QED) is 0.490. The highest BCUT2D eigenvalue weighted by Crippen LogP contribution is 2.27. The number of aromatic nitrogens is 1. The molecule has 1 aliphatic heterocycles. The zero-order valence-corrected chi connectivity index (χ0v) is 20.2. The van der Waals surface area contributed by atoms with Crippen molar-refractivity contribution in [3.05, 3.63) is 83.7 Å². The van der Waals surface area contributed by atoms with Gasteiger partial charge >= 0.3 is 0 Å². The molecule has 0 unspecified atom stereocenters. The Morgan fingerprint density at radius 1 is 0.970 bits per heavy atom. The van der Waals surface area contributed by atoms with Crippen molar-refractivity contribution >= 4 is 33.4 Å². The molecule has 8 heteroatoms. The first-order valence-electron chi connectivity index (χ1n) is 10.9. The van der Waals surface area contributed by atoms with Crippen LogP contribution in [0, 0.1) is 0 Å². The second-order valence-corrected chi connectivity index (χ2v) is 10.6. The highest BCUT2D eigenvalue weighted by Gasteiger charge is 2.24. The number of nitrogens with one attached hydrogen (secondary N) is 1. The lowest BCUT2D eigenvalue weighted by molar-refractivity contribution is 0.0720. The van der Waals surface area contributed by atoms with Crippen LogP contribution in [0.3, 0.4) is 0 Å². The van der Waals surface area contributed by atoms with Gasteiger partial charge in [0.2, 0.25) is 0 Å². The minimum atomic E-state index is -3.84. The summed E-state index contributed by atoms with van der Waals surface area (Å²) in [4.78, 5) is 19.8. The number of pyridine rings is 1. The van der Waals surface area contributed by atoms with E-state index >= 15 is 0 Å². The van der Waals surface area contributed by atoms with Crippen LogP contribution in [0.1, 0.15) is 40.7 Å². The SMILES string of the molecule is CSc1ccc(S(=O)(=O)Nc2ccc(Cc3ccncc3)cc2)cc1C(=O)N1CCCCC1. The molecule has 1 amide bonds. The summed E-state index contributed by atoms with van der Waals surface area (Å²) < 4.78 is 28.8. The molecule has 4 rings (SSSR count). The lowest BCUT2D eigenvalue weighted by Crippen LogP contribution is -2.36. The minimum absolute atomic E-state index is 0.0847. The number of anilines is 1. The van der Waals surface area contributed by atoms with Gasteiger partial charge in [-0.2, -0.15) is 0 Å². The van der Waals surface area contributed by atoms with E-state index in [9.17, 15) is 13.2 Å². The summed E-state index contributed by atoms with van der Waals surface area (Å²) in [7, 11) is -3.84. The molecule has 2 aromatic carbocycles. The number of carbonyl (C=O) groups is 1. The fraction of sp³-hybridized carbons (Fsp3) is 0.280. The Morgan fingerprint density at radius 3 is 2.30 bits per heavy atom. The third kappa shape index (κ3) is 5.75. The van der Waals surface area contributed by atoms with Gasteiger partial charge in [-0.25, -0.2) is 8.42 Å². The fourth-order valence-electron chi connectivity index (χ4n) is 3.93. The number of piperidine rings is 1. The van der Waals surface area contributed by atoms with E-state index in [1.54, 1.807) is 36.7 Å². The van der Waals surface area contributed by atoms with Gasteiger partial charge in [-0.1, -0.05) is 12.1 Å². The molecule has 1 saturated heterocycles. The number of hydrogen-bond acceptors (Lipinski definition) is 5. The highest BCUT2D eigenvalue weighted by molar-refractivity contribution is 7.98. The van der Waals surface area contributed by atoms with Crippen molar-refractivity contribution in [3.8, 4) is 0 Å². The van der Waals surface area contributed by atoms with Gasteiger partial charge < -0.3 is 4.90 Å². The lowest BCUT2D eigenvalue weighted by atomic mass is 10.1. The molecule has 3 aromatic rings. The van der Waals surface area contributed by atoms with Crippen molar-refractivity contribution in [1.82, 2.24) is 9.88 Å². The van der Waals surface area contributed by atoms with Crippen molar-refractivity contribution in [2.75, 3.05) is 24.1 Å². The normalized spacial score (nSPS) is 14.2. The van der Waals surface area contributed by atoms with Crippen molar-refractivity contribution in [2.45, 2.75) is 35.5 Å². The number of benzene rings is 2. The zero-order chi connectivity index (χ0) is 23.3. The summed E-state index contributed by atoms with van der Waals surface area (Å²) >= 11 is 1.45. The smallest absolute Gasteiger partial charge is 0.261 e. The van der Waals surface area contributed by atoms with E-state index in [4.69, 9.17) is 0 Å². The highest BCUT2D eigenvalue weighted by atomic mass is 32.2. The van der Waals surface area contributed by atoms with Crippen LogP contribution in [0.15, 0.2) is 76.8 Å². The summed E-state index contributed by atoms with van der Waals surface area (Å²) in [5.41, 5.74) is 3.13. The number of thioether (sulfide) groups is 1. The van der Waals surface area contributed by atoms with Crippen LogP contribution in [0.5, 0.6) is 0 Å². The maximum Gasteiger partial charge on any atom is 0.261 e. The van der Waals surface area contributed by atoms with Gasteiger partial charge in [0.05, 0.1) is 10.5 Å². The average molecular weight is 482 g/mol. The van der Waals surface area contributed by atoms with E-state index in [2.05, 4.69) is 9.71 Å². The first-order chi connectivity index (χ1) is 16.0. The Morgan fingerprint density at radius 2 is 1.64 bits per heavy atom. The number of amides is 1.